The van der Waals surface area contributed by atoms with Gasteiger partial charge in [0.1, 0.15) is 5.82 Å². The molecule has 1 heterocycles. The highest BCUT2D eigenvalue weighted by Crippen LogP contribution is 2.25. The van der Waals surface area contributed by atoms with Crippen LogP contribution in [0.4, 0.5) is 10.1 Å². The lowest BCUT2D eigenvalue weighted by Crippen LogP contribution is -2.53. The van der Waals surface area contributed by atoms with Gasteiger partial charge in [-0.1, -0.05) is 0 Å². The molecule has 98 valence electrons. The van der Waals surface area contributed by atoms with Gasteiger partial charge in [-0.05, 0) is 57.5 Å². The molecule has 1 atom stereocenters. The van der Waals surface area contributed by atoms with Gasteiger partial charge in [-0.3, -0.25) is 4.79 Å². The van der Waals surface area contributed by atoms with Crippen LogP contribution in [0.1, 0.15) is 26.7 Å². The maximum absolute atomic E-state index is 12.9. The Labute approximate surface area is 107 Å². The minimum Gasteiger partial charge on any atom is -0.311 e. The molecule has 1 unspecified atom stereocenters. The fourth-order valence-electron chi connectivity index (χ4n) is 2.44. The van der Waals surface area contributed by atoms with Crippen LogP contribution in [0.3, 0.4) is 0 Å². The van der Waals surface area contributed by atoms with Gasteiger partial charge in [-0.2, -0.15) is 0 Å². The fraction of sp³-hybridized carbons (Fsp3) is 0.500. The van der Waals surface area contributed by atoms with E-state index in [4.69, 9.17) is 0 Å². The summed E-state index contributed by atoms with van der Waals surface area (Å²) in [7, 11) is 0. The number of benzene rings is 1. The van der Waals surface area contributed by atoms with E-state index in [1.807, 2.05) is 13.8 Å². The largest absolute Gasteiger partial charge is 0.311 e. The van der Waals surface area contributed by atoms with E-state index < -0.39 is 5.54 Å². The first-order valence-corrected chi connectivity index (χ1v) is 6.39. The second kappa shape index (κ2) is 5.06. The SMILES string of the molecule is CCN(C(=O)C1(C)CCCN1)c1ccc(F)cc1. The van der Waals surface area contributed by atoms with E-state index in [0.717, 1.165) is 25.1 Å². The van der Waals surface area contributed by atoms with Gasteiger partial charge in [0.05, 0.1) is 5.54 Å². The molecule has 0 bridgehead atoms. The highest BCUT2D eigenvalue weighted by atomic mass is 19.1. The summed E-state index contributed by atoms with van der Waals surface area (Å²) < 4.78 is 12.9. The van der Waals surface area contributed by atoms with Gasteiger partial charge in [0, 0.05) is 12.2 Å². The fourth-order valence-corrected chi connectivity index (χ4v) is 2.44. The highest BCUT2D eigenvalue weighted by Gasteiger charge is 2.38. The van der Waals surface area contributed by atoms with E-state index in [-0.39, 0.29) is 11.7 Å². The maximum Gasteiger partial charge on any atom is 0.246 e. The van der Waals surface area contributed by atoms with E-state index in [0.29, 0.717) is 6.54 Å². The number of nitrogens with zero attached hydrogens (tertiary/aromatic N) is 1. The zero-order valence-electron chi connectivity index (χ0n) is 10.9. The van der Waals surface area contributed by atoms with Crippen LogP contribution in [-0.2, 0) is 4.79 Å². The molecule has 2 rings (SSSR count). The topological polar surface area (TPSA) is 32.3 Å². The zero-order chi connectivity index (χ0) is 13.2. The quantitative estimate of drug-likeness (QED) is 0.893. The molecule has 0 aromatic heterocycles. The van der Waals surface area contributed by atoms with Crippen molar-refractivity contribution in [1.29, 1.82) is 0 Å². The predicted octanol–water partition coefficient (Wildman–Crippen LogP) is 2.32. The van der Waals surface area contributed by atoms with Gasteiger partial charge in [-0.25, -0.2) is 4.39 Å². The Morgan fingerprint density at radius 3 is 2.61 bits per heavy atom. The van der Waals surface area contributed by atoms with Gasteiger partial charge < -0.3 is 10.2 Å². The van der Waals surface area contributed by atoms with Crippen molar-refractivity contribution in [1.82, 2.24) is 5.32 Å². The summed E-state index contributed by atoms with van der Waals surface area (Å²) in [6.45, 7) is 5.33. The third-order valence-corrected chi connectivity index (χ3v) is 3.54. The van der Waals surface area contributed by atoms with Crippen LogP contribution in [0.15, 0.2) is 24.3 Å². The number of carbonyl (C=O) groups is 1. The molecule has 1 aromatic rings. The minimum atomic E-state index is -0.482. The van der Waals surface area contributed by atoms with Crippen molar-refractivity contribution in [2.24, 2.45) is 0 Å². The molecule has 0 aliphatic carbocycles. The van der Waals surface area contributed by atoms with Crippen LogP contribution < -0.4 is 10.2 Å². The van der Waals surface area contributed by atoms with E-state index in [2.05, 4.69) is 5.32 Å². The summed E-state index contributed by atoms with van der Waals surface area (Å²) in [4.78, 5) is 14.3. The third kappa shape index (κ3) is 2.38. The molecule has 1 aromatic carbocycles. The normalized spacial score (nSPS) is 23.1. The summed E-state index contributed by atoms with van der Waals surface area (Å²) in [5.74, 6) is -0.221. The standard InChI is InChI=1S/C14H19FN2O/c1-3-17(12-7-5-11(15)6-8-12)13(18)14(2)9-4-10-16-14/h5-8,16H,3-4,9-10H2,1-2H3. The van der Waals surface area contributed by atoms with Crippen molar-refractivity contribution in [2.45, 2.75) is 32.2 Å². The van der Waals surface area contributed by atoms with Crippen LogP contribution >= 0.6 is 0 Å². The van der Waals surface area contributed by atoms with Gasteiger partial charge in [0.25, 0.3) is 0 Å². The summed E-state index contributed by atoms with van der Waals surface area (Å²) in [5.41, 5.74) is 0.267. The van der Waals surface area contributed by atoms with Crippen molar-refractivity contribution < 1.29 is 9.18 Å². The molecule has 0 saturated carbocycles. The monoisotopic (exact) mass is 250 g/mol. The van der Waals surface area contributed by atoms with Gasteiger partial charge >= 0.3 is 0 Å². The summed E-state index contributed by atoms with van der Waals surface area (Å²) in [6.07, 6.45) is 1.87. The Morgan fingerprint density at radius 2 is 2.11 bits per heavy atom. The first-order valence-electron chi connectivity index (χ1n) is 6.39. The first-order chi connectivity index (χ1) is 8.57. The van der Waals surface area contributed by atoms with Crippen molar-refractivity contribution in [3.8, 4) is 0 Å². The summed E-state index contributed by atoms with van der Waals surface area (Å²) in [6, 6.07) is 6.06. The van der Waals surface area contributed by atoms with Crippen LogP contribution in [0.5, 0.6) is 0 Å². The molecule has 1 aliphatic heterocycles. The number of hydrogen-bond acceptors (Lipinski definition) is 2. The number of carbonyl (C=O) groups excluding carboxylic acids is 1. The molecular formula is C14H19FN2O. The number of amides is 1. The van der Waals surface area contributed by atoms with E-state index in [9.17, 15) is 9.18 Å². The van der Waals surface area contributed by atoms with Gasteiger partial charge in [-0.15, -0.1) is 0 Å². The number of anilines is 1. The molecule has 1 N–H and O–H groups in total. The highest BCUT2D eigenvalue weighted by molar-refractivity contribution is 6.00. The first kappa shape index (κ1) is 13.0. The second-order valence-corrected chi connectivity index (χ2v) is 4.89. The number of hydrogen-bond donors (Lipinski definition) is 1. The van der Waals surface area contributed by atoms with E-state index in [1.54, 1.807) is 17.0 Å². The lowest BCUT2D eigenvalue weighted by Gasteiger charge is -2.31. The van der Waals surface area contributed by atoms with Crippen LogP contribution in [-0.4, -0.2) is 24.5 Å². The maximum atomic E-state index is 12.9. The van der Waals surface area contributed by atoms with Crippen molar-refractivity contribution in [3.63, 3.8) is 0 Å². The second-order valence-electron chi connectivity index (χ2n) is 4.89. The van der Waals surface area contributed by atoms with Crippen LogP contribution in [0, 0.1) is 5.82 Å². The smallest absolute Gasteiger partial charge is 0.246 e. The molecule has 0 radical (unpaired) electrons. The number of halogens is 1. The van der Waals surface area contributed by atoms with E-state index in [1.165, 1.54) is 12.1 Å². The van der Waals surface area contributed by atoms with Gasteiger partial charge in [0.2, 0.25) is 5.91 Å². The molecule has 3 nitrogen and oxygen atoms in total. The lowest BCUT2D eigenvalue weighted by atomic mass is 9.98. The molecule has 0 spiro atoms. The van der Waals surface area contributed by atoms with Crippen LogP contribution in [0.25, 0.3) is 0 Å². The van der Waals surface area contributed by atoms with Crippen molar-refractivity contribution in [3.05, 3.63) is 30.1 Å². The number of rotatable bonds is 3. The minimum absolute atomic E-state index is 0.0640. The number of nitrogens with one attached hydrogen (secondary N) is 1. The molecule has 4 heteroatoms. The average molecular weight is 250 g/mol. The molecular weight excluding hydrogens is 231 g/mol. The summed E-state index contributed by atoms with van der Waals surface area (Å²) in [5, 5.41) is 3.26. The van der Waals surface area contributed by atoms with Crippen molar-refractivity contribution >= 4 is 11.6 Å². The third-order valence-electron chi connectivity index (χ3n) is 3.54. The average Bonchev–Trinajstić information content (AvgIpc) is 2.81. The molecule has 1 amide bonds. The predicted molar refractivity (Wildman–Crippen MR) is 70.1 cm³/mol. The van der Waals surface area contributed by atoms with Crippen molar-refractivity contribution in [2.75, 3.05) is 18.0 Å². The molecule has 1 saturated heterocycles. The van der Waals surface area contributed by atoms with E-state index >= 15 is 0 Å². The lowest BCUT2D eigenvalue weighted by molar-refractivity contribution is -0.123. The Hall–Kier alpha value is -1.42. The Balaban J connectivity index is 2.23. The molecule has 1 aliphatic rings. The zero-order valence-corrected chi connectivity index (χ0v) is 10.9. The Morgan fingerprint density at radius 1 is 1.44 bits per heavy atom. The number of likely N-dealkylation sites (N-methyl/N-ethyl adjacent to an activating group) is 1. The van der Waals surface area contributed by atoms with Crippen LogP contribution in [0.2, 0.25) is 0 Å². The Kier molecular flexibility index (Phi) is 3.66. The van der Waals surface area contributed by atoms with Gasteiger partial charge in [0.15, 0.2) is 0 Å². The Bertz CT molecular complexity index is 424. The molecule has 18 heavy (non-hydrogen) atoms. The molecule has 1 fully saturated rings. The summed E-state index contributed by atoms with van der Waals surface area (Å²) >= 11 is 0.